The largest absolute Gasteiger partial charge is 0.481 e. The van der Waals surface area contributed by atoms with E-state index < -0.39 is 244 Å². The van der Waals surface area contributed by atoms with E-state index in [1.165, 1.54) is 25.0 Å². The van der Waals surface area contributed by atoms with E-state index in [2.05, 4.69) is 105 Å². The van der Waals surface area contributed by atoms with Gasteiger partial charge < -0.3 is 138 Å². The van der Waals surface area contributed by atoms with Crippen LogP contribution in [0.3, 0.4) is 0 Å². The highest BCUT2D eigenvalue weighted by Gasteiger charge is 2.38. The molecule has 14 amide bonds. The van der Waals surface area contributed by atoms with Crippen molar-refractivity contribution < 1.29 is 107 Å². The van der Waals surface area contributed by atoms with E-state index in [1.54, 1.807) is 121 Å². The first kappa shape index (κ1) is 103. The number of aliphatic hydroxyl groups is 2. The number of carboxylic acid groups (broad SMARTS) is 3. The Balaban J connectivity index is 1.13. The predicted octanol–water partition coefficient (Wildman–Crippen LogP) is -7.78. The van der Waals surface area contributed by atoms with Crippen LogP contribution in [0.15, 0.2) is 146 Å². The average Bonchev–Trinajstić information content (AvgIpc) is 1.01. The van der Waals surface area contributed by atoms with Crippen LogP contribution in [0, 0.1) is 10.8 Å². The number of aliphatic carboxylic acids is 3. The summed E-state index contributed by atoms with van der Waals surface area (Å²) in [5, 5.41) is 104. The molecule has 12 atom stereocenters. The molecule has 0 bridgehead atoms. The Bertz CT molecular complexity index is 4750. The van der Waals surface area contributed by atoms with Gasteiger partial charge in [-0.15, -0.1) is 0 Å². The molecule has 2 aromatic heterocycles. The molecule has 2 heterocycles. The number of imidazole rings is 2. The van der Waals surface area contributed by atoms with E-state index in [1.807, 2.05) is 0 Å². The van der Waals surface area contributed by atoms with Gasteiger partial charge in [0.05, 0.1) is 62.9 Å². The lowest BCUT2D eigenvalue weighted by atomic mass is 10.0. The molecule has 4 aromatic carbocycles. The van der Waals surface area contributed by atoms with Gasteiger partial charge in [0, 0.05) is 76.8 Å². The third kappa shape index (κ3) is 38.4. The van der Waals surface area contributed by atoms with Crippen molar-refractivity contribution in [2.45, 2.75) is 162 Å². The van der Waals surface area contributed by atoms with Gasteiger partial charge in [-0.1, -0.05) is 121 Å². The molecule has 0 fully saturated rings. The Labute approximate surface area is 737 Å². The number of hydrogen-bond donors (Lipinski definition) is 28. The number of aliphatic hydroxyl groups excluding tert-OH is 2. The van der Waals surface area contributed by atoms with Crippen LogP contribution < -0.4 is 102 Å². The Hall–Kier alpha value is -15.3. The minimum Gasteiger partial charge on any atom is -0.481 e. The van der Waals surface area contributed by atoms with Crippen LogP contribution in [-0.2, 0) is 120 Å². The smallest absolute Gasteiger partial charge is 0.326 e. The third-order valence-corrected chi connectivity index (χ3v) is 19.3. The van der Waals surface area contributed by atoms with Crippen molar-refractivity contribution in [3.05, 3.63) is 180 Å². The first-order valence-corrected chi connectivity index (χ1v) is 40.7. The second-order valence-electron chi connectivity index (χ2n) is 29.4. The summed E-state index contributed by atoms with van der Waals surface area (Å²) in [7, 11) is 0. The Morgan fingerprint density at radius 1 is 0.326 bits per heavy atom. The number of carbonyl (C=O) groups excluding carboxylic acids is 14. The Morgan fingerprint density at radius 2 is 0.612 bits per heavy atom. The molecule has 31 N–H and O–H groups in total. The lowest BCUT2D eigenvalue weighted by Crippen LogP contribution is -2.60. The minimum atomic E-state index is -1.85. The van der Waals surface area contributed by atoms with Gasteiger partial charge in [-0.25, -0.2) is 14.8 Å². The Morgan fingerprint density at radius 3 is 0.938 bits per heavy atom. The van der Waals surface area contributed by atoms with Crippen LogP contribution in [-0.4, -0.2) is 276 Å². The lowest BCUT2D eigenvalue weighted by molar-refractivity contribution is -0.142. The van der Waals surface area contributed by atoms with Crippen molar-refractivity contribution in [2.75, 3.05) is 45.9 Å². The fourth-order valence-electron chi connectivity index (χ4n) is 12.6. The van der Waals surface area contributed by atoms with Crippen molar-refractivity contribution in [1.29, 1.82) is 10.8 Å². The highest BCUT2D eigenvalue weighted by molar-refractivity contribution is 6.00. The van der Waals surface area contributed by atoms with E-state index in [-0.39, 0.29) is 83.0 Å². The number of nitrogens with two attached hydrogens (primary N) is 3. The number of nitrogens with zero attached hydrogens (tertiary/aromatic N) is 2. The number of amides is 14. The summed E-state index contributed by atoms with van der Waals surface area (Å²) in [6, 6.07) is 13.2. The van der Waals surface area contributed by atoms with Crippen molar-refractivity contribution in [3.63, 3.8) is 0 Å². The second kappa shape index (κ2) is 54.5. The molecular formula is C82H109N25O22. The van der Waals surface area contributed by atoms with Crippen LogP contribution in [0.25, 0.3) is 0 Å². The summed E-state index contributed by atoms with van der Waals surface area (Å²) >= 11 is 0. The van der Waals surface area contributed by atoms with Gasteiger partial charge in [0.25, 0.3) is 0 Å². The number of nitrogens with one attached hydrogen (secondary N) is 20. The zero-order valence-electron chi connectivity index (χ0n) is 69.9. The summed E-state index contributed by atoms with van der Waals surface area (Å²) in [4.78, 5) is 246. The van der Waals surface area contributed by atoms with E-state index in [0.717, 1.165) is 0 Å². The molecule has 0 saturated carbocycles. The maximum atomic E-state index is 14.8. The molecule has 0 radical (unpaired) electrons. The summed E-state index contributed by atoms with van der Waals surface area (Å²) in [6.45, 7) is -4.62. The van der Waals surface area contributed by atoms with Gasteiger partial charge in [-0.2, -0.15) is 0 Å². The summed E-state index contributed by atoms with van der Waals surface area (Å²) in [5.41, 5.74) is 19.5. The number of hydrogen-bond acceptors (Lipinski definition) is 24. The quantitative estimate of drug-likeness (QED) is 0.00958. The van der Waals surface area contributed by atoms with E-state index in [9.17, 15) is 107 Å². The van der Waals surface area contributed by atoms with Crippen molar-refractivity contribution in [3.8, 4) is 0 Å². The number of rotatable bonds is 57. The number of carbonyl (C=O) groups is 17. The van der Waals surface area contributed by atoms with Crippen molar-refractivity contribution in [1.82, 2.24) is 105 Å². The average molecular weight is 1800 g/mol. The molecule has 0 spiro atoms. The zero-order chi connectivity index (χ0) is 94.3. The van der Waals surface area contributed by atoms with Gasteiger partial charge in [0.2, 0.25) is 82.7 Å². The molecule has 0 aliphatic carbocycles. The summed E-state index contributed by atoms with van der Waals surface area (Å²) in [6.07, 6.45) is 1.02. The fourth-order valence-corrected chi connectivity index (χ4v) is 12.6. The maximum Gasteiger partial charge on any atom is 0.326 e. The van der Waals surface area contributed by atoms with Crippen LogP contribution >= 0.6 is 0 Å². The second-order valence-corrected chi connectivity index (χ2v) is 29.4. The number of aromatic amines is 2. The van der Waals surface area contributed by atoms with Gasteiger partial charge >= 0.3 is 17.9 Å². The zero-order valence-corrected chi connectivity index (χ0v) is 69.9. The normalized spacial score (nSPS) is 13.6. The van der Waals surface area contributed by atoms with Gasteiger partial charge in [-0.05, 0) is 60.8 Å². The molecule has 0 unspecified atom stereocenters. The Kier molecular flexibility index (Phi) is 43.3. The highest BCUT2D eigenvalue weighted by atomic mass is 16.4. The molecule has 0 saturated heterocycles. The fraction of sp³-hybridized carbons (Fsp3) is 0.402. The van der Waals surface area contributed by atoms with E-state index in [4.69, 9.17) is 28.0 Å². The van der Waals surface area contributed by atoms with Gasteiger partial charge in [-0.3, -0.25) is 87.5 Å². The van der Waals surface area contributed by atoms with Gasteiger partial charge in [0.15, 0.2) is 11.9 Å². The summed E-state index contributed by atoms with van der Waals surface area (Å²) < 4.78 is 0. The van der Waals surface area contributed by atoms with Gasteiger partial charge in [0.1, 0.15) is 66.5 Å². The molecule has 0 aliphatic heterocycles. The SMILES string of the molecule is N=C(N)NCCC[C@H](NC(=O)CNC(=O)CNC(=O)CNC(=O)[C@H](CCCNC(=N)N)NC(=O)[C@H](Cc1ccccc1)NC(=O)[C@H](Cc1ccccc1)NC(=O)[C@H](CCC(=O)O)NC(=O)[C@H](CO)NC(=O)[C@@H](N)Cc1c[nH]cn1)C(=O)N[C@@H](Cc1ccccc1)C(=O)N[C@@H](Cc1ccccc1)C(=O)N[C@@H](CCC(=O)O)C(=O)N[C@@H](CO)C(=O)N[C@@H](Cc1c[nH]cn1)C(=O)O. The van der Waals surface area contributed by atoms with Crippen LogP contribution in [0.1, 0.15) is 85.0 Å². The molecule has 694 valence electrons. The minimum absolute atomic E-state index is 0.00721. The molecule has 47 heteroatoms. The van der Waals surface area contributed by atoms with Crippen molar-refractivity contribution >= 4 is 113 Å². The first-order chi connectivity index (χ1) is 61.7. The molecule has 0 aliphatic rings. The molecule has 6 aromatic rings. The predicted molar refractivity (Wildman–Crippen MR) is 457 cm³/mol. The summed E-state index contributed by atoms with van der Waals surface area (Å²) in [5.74, 6) is -19.7. The molecule has 6 rings (SSSR count). The molecule has 47 nitrogen and oxygen atoms in total. The number of benzene rings is 4. The van der Waals surface area contributed by atoms with Crippen LogP contribution in [0.2, 0.25) is 0 Å². The molecule has 129 heavy (non-hydrogen) atoms. The lowest BCUT2D eigenvalue weighted by Gasteiger charge is -2.27. The standard InChI is InChI=1S/C82H109N25O22/c83-52(35-50-37-88-44-95-50)69(117)106-62(42-108)78(126)100-55(25-27-67(113)114)72(120)102-60(34-49-21-11-4-12-22-49)77(125)103-57(31-46-15-5-1-6-16-46)74(122)98-53(23-13-29-90-81(84)85)70(118)94-40-65(111)92-39-64(110)93-41-66(112)97-54(24-14-30-91-82(86)87)71(119)101-59(33-48-19-9-3-10-20-48)76(124)104-58(32-47-17-7-2-8-18-47)75(123)99-56(26-28-68(115)116)73(121)107-63(43-109)79(127)105-61(80(128)129)36-51-38-89-45-96-51/h1-12,15-22,37-38,44-45,52-63,108-109H,13-14,23-36,39-43,83H2,(H,88,95)(H,89,96)(H,92,111)(H,93,110)(H,94,118)(H,97,112)(H,98,122)(H,99,123)(H,100,126)(H,101,119)(H,102,120)(H,103,125)(H,104,124)(H,105,127)(H,106,117)(H,107,121)(H,113,114)(H,115,116)(H,128,129)(H4,84,85,90)(H4,86,87,91)/t52-,53-,54-,55-,56-,57-,58-,59-,60-,61-,62-,63-/m0/s1. The van der Waals surface area contributed by atoms with Crippen LogP contribution in [0.4, 0.5) is 0 Å². The number of guanidine groups is 2. The number of H-pyrrole nitrogens is 2. The number of aromatic nitrogens is 4. The van der Waals surface area contributed by atoms with E-state index >= 15 is 0 Å². The maximum absolute atomic E-state index is 14.8. The monoisotopic (exact) mass is 1800 g/mol. The highest BCUT2D eigenvalue weighted by Crippen LogP contribution is 2.15. The number of carboxylic acids is 3. The van der Waals surface area contributed by atoms with Crippen LogP contribution in [0.5, 0.6) is 0 Å². The topological polar surface area (TPSA) is 767 Å². The first-order valence-electron chi connectivity index (χ1n) is 40.7. The third-order valence-electron chi connectivity index (χ3n) is 19.3. The van der Waals surface area contributed by atoms with Crippen molar-refractivity contribution in [2.24, 2.45) is 17.2 Å². The molecular weight excluding hydrogens is 1690 g/mol. The van der Waals surface area contributed by atoms with E-state index in [0.29, 0.717) is 27.9 Å².